The maximum absolute atomic E-state index is 9.08. The van der Waals surface area contributed by atoms with Crippen molar-refractivity contribution in [3.63, 3.8) is 0 Å². The standard InChI is InChI=1S/C12H19N3O/c1-13-11-2-4-14-12(6-11)8-15-5-3-10(7-15)9-16/h2,4,6,10,16H,3,5,7-9H2,1H3,(H,13,14). The minimum absolute atomic E-state index is 0.306. The van der Waals surface area contributed by atoms with Crippen molar-refractivity contribution in [3.05, 3.63) is 24.0 Å². The lowest BCUT2D eigenvalue weighted by molar-refractivity contribution is 0.219. The van der Waals surface area contributed by atoms with Gasteiger partial charge in [0.15, 0.2) is 0 Å². The van der Waals surface area contributed by atoms with Crippen LogP contribution in [0.4, 0.5) is 5.69 Å². The molecule has 1 atom stereocenters. The predicted molar refractivity (Wildman–Crippen MR) is 64.3 cm³/mol. The van der Waals surface area contributed by atoms with Crippen LogP contribution in [0.15, 0.2) is 18.3 Å². The Hall–Kier alpha value is -1.13. The van der Waals surface area contributed by atoms with Gasteiger partial charge in [-0.2, -0.15) is 0 Å². The van der Waals surface area contributed by atoms with Crippen LogP contribution in [0, 0.1) is 5.92 Å². The number of aliphatic hydroxyl groups is 1. The average molecular weight is 221 g/mol. The molecule has 16 heavy (non-hydrogen) atoms. The van der Waals surface area contributed by atoms with E-state index in [1.54, 1.807) is 0 Å². The van der Waals surface area contributed by atoms with Crippen LogP contribution in [0.3, 0.4) is 0 Å². The van der Waals surface area contributed by atoms with E-state index in [1.165, 1.54) is 0 Å². The molecule has 0 saturated carbocycles. The Balaban J connectivity index is 1.94. The van der Waals surface area contributed by atoms with E-state index >= 15 is 0 Å². The normalized spacial score (nSPS) is 21.2. The van der Waals surface area contributed by atoms with Crippen LogP contribution >= 0.6 is 0 Å². The number of aliphatic hydroxyl groups excluding tert-OH is 1. The average Bonchev–Trinajstić information content (AvgIpc) is 2.77. The summed E-state index contributed by atoms with van der Waals surface area (Å²) in [7, 11) is 1.91. The zero-order valence-electron chi connectivity index (χ0n) is 9.69. The molecule has 1 aromatic rings. The van der Waals surface area contributed by atoms with Crippen LogP contribution in [-0.2, 0) is 6.54 Å². The molecule has 1 aromatic heterocycles. The summed E-state index contributed by atoms with van der Waals surface area (Å²) in [6, 6.07) is 4.04. The molecule has 0 bridgehead atoms. The number of pyridine rings is 1. The Morgan fingerprint density at radius 3 is 3.19 bits per heavy atom. The number of nitrogens with one attached hydrogen (secondary N) is 1. The van der Waals surface area contributed by atoms with Gasteiger partial charge in [0.25, 0.3) is 0 Å². The van der Waals surface area contributed by atoms with Gasteiger partial charge < -0.3 is 10.4 Å². The first-order valence-corrected chi connectivity index (χ1v) is 5.77. The molecule has 0 aliphatic carbocycles. The lowest BCUT2D eigenvalue weighted by Crippen LogP contribution is -2.21. The third-order valence-electron chi connectivity index (χ3n) is 3.12. The van der Waals surface area contributed by atoms with Gasteiger partial charge in [-0.3, -0.25) is 9.88 Å². The Bertz CT molecular complexity index is 343. The molecule has 0 amide bonds. The van der Waals surface area contributed by atoms with Crippen LogP contribution in [0.1, 0.15) is 12.1 Å². The molecule has 1 aliphatic rings. The van der Waals surface area contributed by atoms with Gasteiger partial charge in [0.2, 0.25) is 0 Å². The molecule has 0 radical (unpaired) electrons. The maximum atomic E-state index is 9.08. The number of anilines is 1. The Kier molecular flexibility index (Phi) is 3.74. The number of nitrogens with zero attached hydrogens (tertiary/aromatic N) is 2. The van der Waals surface area contributed by atoms with Gasteiger partial charge in [0.1, 0.15) is 0 Å². The van der Waals surface area contributed by atoms with E-state index in [0.29, 0.717) is 12.5 Å². The largest absolute Gasteiger partial charge is 0.396 e. The highest BCUT2D eigenvalue weighted by molar-refractivity contribution is 5.42. The highest BCUT2D eigenvalue weighted by Gasteiger charge is 2.21. The van der Waals surface area contributed by atoms with Crippen molar-refractivity contribution in [1.82, 2.24) is 9.88 Å². The third kappa shape index (κ3) is 2.71. The second-order valence-electron chi connectivity index (χ2n) is 4.36. The first-order valence-electron chi connectivity index (χ1n) is 5.77. The van der Waals surface area contributed by atoms with Gasteiger partial charge in [-0.25, -0.2) is 0 Å². The molecule has 88 valence electrons. The van der Waals surface area contributed by atoms with Gasteiger partial charge in [-0.1, -0.05) is 0 Å². The summed E-state index contributed by atoms with van der Waals surface area (Å²) < 4.78 is 0. The van der Waals surface area contributed by atoms with Crippen molar-refractivity contribution in [2.75, 3.05) is 32.1 Å². The minimum Gasteiger partial charge on any atom is -0.396 e. The molecule has 0 spiro atoms. The molecule has 2 rings (SSSR count). The maximum Gasteiger partial charge on any atom is 0.0564 e. The molecule has 1 unspecified atom stereocenters. The fourth-order valence-electron chi connectivity index (χ4n) is 2.15. The number of rotatable bonds is 4. The molecule has 2 heterocycles. The summed E-state index contributed by atoms with van der Waals surface area (Å²) in [5, 5.41) is 12.2. The van der Waals surface area contributed by atoms with E-state index in [0.717, 1.165) is 37.4 Å². The topological polar surface area (TPSA) is 48.4 Å². The Morgan fingerprint density at radius 1 is 1.62 bits per heavy atom. The van der Waals surface area contributed by atoms with E-state index in [2.05, 4.69) is 21.3 Å². The lowest BCUT2D eigenvalue weighted by Gasteiger charge is -2.15. The molecule has 4 heteroatoms. The van der Waals surface area contributed by atoms with Crippen molar-refractivity contribution in [2.45, 2.75) is 13.0 Å². The zero-order valence-corrected chi connectivity index (χ0v) is 9.69. The molecule has 1 fully saturated rings. The highest BCUT2D eigenvalue weighted by Crippen LogP contribution is 2.18. The van der Waals surface area contributed by atoms with E-state index in [1.807, 2.05) is 19.3 Å². The molecule has 0 aromatic carbocycles. The highest BCUT2D eigenvalue weighted by atomic mass is 16.3. The zero-order chi connectivity index (χ0) is 11.4. The summed E-state index contributed by atoms with van der Waals surface area (Å²) in [4.78, 5) is 6.71. The Labute approximate surface area is 96.3 Å². The summed E-state index contributed by atoms with van der Waals surface area (Å²) in [5.74, 6) is 0.451. The summed E-state index contributed by atoms with van der Waals surface area (Å²) in [5.41, 5.74) is 2.19. The van der Waals surface area contributed by atoms with Crippen LogP contribution in [0.5, 0.6) is 0 Å². The number of likely N-dealkylation sites (tertiary alicyclic amines) is 1. The number of aromatic nitrogens is 1. The predicted octanol–water partition coefficient (Wildman–Crippen LogP) is 0.937. The van der Waals surface area contributed by atoms with Gasteiger partial charge in [0.05, 0.1) is 5.69 Å². The van der Waals surface area contributed by atoms with Crippen molar-refractivity contribution in [3.8, 4) is 0 Å². The lowest BCUT2D eigenvalue weighted by atomic mass is 10.1. The van der Waals surface area contributed by atoms with E-state index < -0.39 is 0 Å². The van der Waals surface area contributed by atoms with Crippen LogP contribution in [0.2, 0.25) is 0 Å². The van der Waals surface area contributed by atoms with Crippen molar-refractivity contribution >= 4 is 5.69 Å². The first-order chi connectivity index (χ1) is 7.81. The molecule has 1 aliphatic heterocycles. The second kappa shape index (κ2) is 5.27. The summed E-state index contributed by atoms with van der Waals surface area (Å²) in [6.45, 7) is 3.24. The number of hydrogen-bond donors (Lipinski definition) is 2. The van der Waals surface area contributed by atoms with E-state index in [-0.39, 0.29) is 0 Å². The van der Waals surface area contributed by atoms with Crippen molar-refractivity contribution in [2.24, 2.45) is 5.92 Å². The van der Waals surface area contributed by atoms with Crippen molar-refractivity contribution < 1.29 is 5.11 Å². The number of hydrogen-bond acceptors (Lipinski definition) is 4. The van der Waals surface area contributed by atoms with Crippen LogP contribution < -0.4 is 5.32 Å². The molecule has 2 N–H and O–H groups in total. The molecular formula is C12H19N3O. The Morgan fingerprint density at radius 2 is 2.50 bits per heavy atom. The fourth-order valence-corrected chi connectivity index (χ4v) is 2.15. The quantitative estimate of drug-likeness (QED) is 0.794. The molecule has 1 saturated heterocycles. The second-order valence-corrected chi connectivity index (χ2v) is 4.36. The third-order valence-corrected chi connectivity index (χ3v) is 3.12. The summed E-state index contributed by atoms with van der Waals surface area (Å²) >= 11 is 0. The SMILES string of the molecule is CNc1ccnc(CN2CCC(CO)C2)c1. The van der Waals surface area contributed by atoms with Gasteiger partial charge >= 0.3 is 0 Å². The minimum atomic E-state index is 0.306. The monoisotopic (exact) mass is 221 g/mol. The fraction of sp³-hybridized carbons (Fsp3) is 0.583. The smallest absolute Gasteiger partial charge is 0.0564 e. The van der Waals surface area contributed by atoms with E-state index in [4.69, 9.17) is 5.11 Å². The first kappa shape index (κ1) is 11.4. The molecule has 4 nitrogen and oxygen atoms in total. The van der Waals surface area contributed by atoms with Crippen molar-refractivity contribution in [1.29, 1.82) is 0 Å². The van der Waals surface area contributed by atoms with Gasteiger partial charge in [-0.05, 0) is 31.0 Å². The molecular weight excluding hydrogens is 202 g/mol. The van der Waals surface area contributed by atoms with Crippen LogP contribution in [-0.4, -0.2) is 41.7 Å². The van der Waals surface area contributed by atoms with Crippen LogP contribution in [0.25, 0.3) is 0 Å². The van der Waals surface area contributed by atoms with Gasteiger partial charge in [0, 0.05) is 38.6 Å². The summed E-state index contributed by atoms with van der Waals surface area (Å²) in [6.07, 6.45) is 2.93. The van der Waals surface area contributed by atoms with Gasteiger partial charge in [-0.15, -0.1) is 0 Å². The van der Waals surface area contributed by atoms with E-state index in [9.17, 15) is 0 Å².